The van der Waals surface area contributed by atoms with Gasteiger partial charge >= 0.3 is 23.9 Å². The number of nitriles is 1. The van der Waals surface area contributed by atoms with E-state index in [1.165, 1.54) is 11.8 Å². The minimum absolute atomic E-state index is 0.0245. The van der Waals surface area contributed by atoms with Gasteiger partial charge in [-0.2, -0.15) is 5.26 Å². The van der Waals surface area contributed by atoms with Gasteiger partial charge in [0, 0.05) is 28.4 Å². The second kappa shape index (κ2) is 11.9. The summed E-state index contributed by atoms with van der Waals surface area (Å²) in [5.41, 5.74) is 4.24. The SMILES string of the molecule is COC(=O)/C=C(\C=C1\C(C#N)=C(N)N(c2ccc(Cl)cc2)[C@@]1(C)/C(=C\C(=O)OC)C(=O)OC)C(=O)OC. The summed E-state index contributed by atoms with van der Waals surface area (Å²) in [5, 5.41) is 10.5. The molecule has 0 fully saturated rings. The molecular weight excluding hydrogens is 506 g/mol. The Bertz CT molecular complexity index is 1290. The minimum Gasteiger partial charge on any atom is -0.466 e. The predicted molar refractivity (Wildman–Crippen MR) is 131 cm³/mol. The predicted octanol–water partition coefficient (Wildman–Crippen LogP) is 2.08. The van der Waals surface area contributed by atoms with Crippen molar-refractivity contribution in [3.63, 3.8) is 0 Å². The zero-order valence-corrected chi connectivity index (χ0v) is 21.4. The van der Waals surface area contributed by atoms with Crippen molar-refractivity contribution in [3.8, 4) is 6.07 Å². The standard InChI is InChI=1S/C25H24ClN3O8/c1-25(19(24(33)37-5)12-21(31)35-3)18(10-14(23(32)36-4)11-20(30)34-2)17(13-27)22(28)29(25)16-8-6-15(26)7-9-16/h6-12H,28H2,1-5H3/b14-11+,18-10-,19-12-/t25-/m1/s1. The Balaban J connectivity index is 3.07. The van der Waals surface area contributed by atoms with Crippen LogP contribution in [0.25, 0.3) is 0 Å². The van der Waals surface area contributed by atoms with E-state index in [1.54, 1.807) is 24.3 Å². The fraction of sp³-hybridized carbons (Fsp3) is 0.240. The van der Waals surface area contributed by atoms with E-state index >= 15 is 0 Å². The number of halogens is 1. The summed E-state index contributed by atoms with van der Waals surface area (Å²) in [5.74, 6) is -3.82. The number of methoxy groups -OCH3 is 4. The highest BCUT2D eigenvalue weighted by molar-refractivity contribution is 6.30. The summed E-state index contributed by atoms with van der Waals surface area (Å²) >= 11 is 6.04. The van der Waals surface area contributed by atoms with Gasteiger partial charge in [0.25, 0.3) is 0 Å². The first-order valence-electron chi connectivity index (χ1n) is 10.4. The van der Waals surface area contributed by atoms with Gasteiger partial charge in [-0.25, -0.2) is 19.2 Å². The van der Waals surface area contributed by atoms with Gasteiger partial charge < -0.3 is 29.6 Å². The molecule has 1 aliphatic heterocycles. The van der Waals surface area contributed by atoms with Crippen LogP contribution in [0.1, 0.15) is 6.92 Å². The van der Waals surface area contributed by atoms with E-state index in [-0.39, 0.29) is 28.1 Å². The summed E-state index contributed by atoms with van der Waals surface area (Å²) < 4.78 is 19.0. The van der Waals surface area contributed by atoms with Crippen molar-refractivity contribution < 1.29 is 38.1 Å². The number of carbonyl (C=O) groups excluding carboxylic acids is 4. The van der Waals surface area contributed by atoms with Crippen LogP contribution < -0.4 is 10.6 Å². The Hall–Kier alpha value is -4.56. The van der Waals surface area contributed by atoms with E-state index in [4.69, 9.17) is 31.5 Å². The normalized spacial score (nSPS) is 18.8. The number of hydrogen-bond donors (Lipinski definition) is 1. The molecule has 1 atom stereocenters. The molecule has 0 saturated carbocycles. The zero-order valence-electron chi connectivity index (χ0n) is 20.7. The van der Waals surface area contributed by atoms with Crippen molar-refractivity contribution in [1.82, 2.24) is 0 Å². The maximum Gasteiger partial charge on any atom is 0.338 e. The van der Waals surface area contributed by atoms with Crippen molar-refractivity contribution in [2.24, 2.45) is 5.73 Å². The van der Waals surface area contributed by atoms with Crippen LogP contribution in [-0.2, 0) is 38.1 Å². The lowest BCUT2D eigenvalue weighted by Gasteiger charge is -2.39. The van der Waals surface area contributed by atoms with Crippen molar-refractivity contribution in [2.45, 2.75) is 12.5 Å². The summed E-state index contributed by atoms with van der Waals surface area (Å²) in [4.78, 5) is 51.3. The summed E-state index contributed by atoms with van der Waals surface area (Å²) in [6.07, 6.45) is 2.88. The van der Waals surface area contributed by atoms with E-state index in [9.17, 15) is 24.4 Å². The van der Waals surface area contributed by atoms with E-state index in [0.29, 0.717) is 10.7 Å². The Morgan fingerprint density at radius 2 is 1.49 bits per heavy atom. The highest BCUT2D eigenvalue weighted by Gasteiger charge is 2.52. The van der Waals surface area contributed by atoms with Gasteiger partial charge in [-0.1, -0.05) is 11.6 Å². The number of rotatable bonds is 7. The van der Waals surface area contributed by atoms with Crippen LogP contribution in [-0.4, -0.2) is 57.9 Å². The molecule has 0 aliphatic carbocycles. The van der Waals surface area contributed by atoms with Gasteiger partial charge in [-0.15, -0.1) is 0 Å². The van der Waals surface area contributed by atoms with Gasteiger partial charge in [0.1, 0.15) is 17.4 Å². The van der Waals surface area contributed by atoms with Gasteiger partial charge in [-0.3, -0.25) is 0 Å². The highest BCUT2D eigenvalue weighted by Crippen LogP contribution is 2.48. The summed E-state index contributed by atoms with van der Waals surface area (Å²) in [6.45, 7) is 1.48. The van der Waals surface area contributed by atoms with E-state index in [1.807, 2.05) is 6.07 Å². The molecule has 37 heavy (non-hydrogen) atoms. The lowest BCUT2D eigenvalue weighted by molar-refractivity contribution is -0.139. The third kappa shape index (κ3) is 5.65. The molecule has 0 unspecified atom stereocenters. The first-order valence-corrected chi connectivity index (χ1v) is 10.8. The number of benzene rings is 1. The largest absolute Gasteiger partial charge is 0.466 e. The van der Waals surface area contributed by atoms with Crippen LogP contribution >= 0.6 is 11.6 Å². The number of nitrogens with two attached hydrogens (primary N) is 1. The summed E-state index contributed by atoms with van der Waals surface area (Å²) in [6, 6.07) is 8.22. The van der Waals surface area contributed by atoms with Gasteiger partial charge in [0.05, 0.1) is 45.2 Å². The molecule has 2 rings (SSSR count). The average molecular weight is 530 g/mol. The first kappa shape index (κ1) is 28.7. The molecule has 11 nitrogen and oxygen atoms in total. The lowest BCUT2D eigenvalue weighted by Crippen LogP contribution is -2.49. The number of ether oxygens (including phenoxy) is 4. The monoisotopic (exact) mass is 529 g/mol. The molecule has 1 aliphatic rings. The van der Waals surface area contributed by atoms with Crippen LogP contribution in [0, 0.1) is 11.3 Å². The zero-order chi connectivity index (χ0) is 27.9. The minimum atomic E-state index is -1.74. The topological polar surface area (TPSA) is 158 Å². The Labute approximate surface area is 217 Å². The number of esters is 4. The molecule has 0 saturated heterocycles. The van der Waals surface area contributed by atoms with E-state index < -0.39 is 29.4 Å². The molecule has 12 heteroatoms. The molecule has 0 bridgehead atoms. The van der Waals surface area contributed by atoms with Crippen molar-refractivity contribution in [1.29, 1.82) is 5.26 Å². The Morgan fingerprint density at radius 1 is 0.946 bits per heavy atom. The molecule has 0 spiro atoms. The maximum atomic E-state index is 13.0. The molecule has 2 N–H and O–H groups in total. The number of anilines is 1. The second-order valence-corrected chi connectivity index (χ2v) is 7.94. The molecule has 0 amide bonds. The molecule has 1 heterocycles. The Morgan fingerprint density at radius 3 is 1.97 bits per heavy atom. The maximum absolute atomic E-state index is 13.0. The van der Waals surface area contributed by atoms with Crippen LogP contribution in [0.5, 0.6) is 0 Å². The molecule has 1 aromatic rings. The fourth-order valence-electron chi connectivity index (χ4n) is 3.74. The van der Waals surface area contributed by atoms with Crippen molar-refractivity contribution in [3.05, 3.63) is 75.6 Å². The molecule has 194 valence electrons. The first-order chi connectivity index (χ1) is 17.5. The van der Waals surface area contributed by atoms with Crippen molar-refractivity contribution in [2.75, 3.05) is 33.3 Å². The molecule has 0 aromatic heterocycles. The van der Waals surface area contributed by atoms with Crippen LogP contribution in [0.2, 0.25) is 5.02 Å². The number of nitrogens with zero attached hydrogens (tertiary/aromatic N) is 2. The molecular formula is C25H24ClN3O8. The number of hydrogen-bond acceptors (Lipinski definition) is 11. The summed E-state index contributed by atoms with van der Waals surface area (Å²) in [7, 11) is 4.41. The molecule has 0 radical (unpaired) electrons. The van der Waals surface area contributed by atoms with Crippen LogP contribution in [0.15, 0.2) is 70.6 Å². The second-order valence-electron chi connectivity index (χ2n) is 7.50. The fourth-order valence-corrected chi connectivity index (χ4v) is 3.87. The lowest BCUT2D eigenvalue weighted by atomic mass is 9.80. The van der Waals surface area contributed by atoms with E-state index in [2.05, 4.69) is 4.74 Å². The van der Waals surface area contributed by atoms with E-state index in [0.717, 1.165) is 46.7 Å². The van der Waals surface area contributed by atoms with Crippen LogP contribution in [0.3, 0.4) is 0 Å². The average Bonchev–Trinajstić information content (AvgIpc) is 3.11. The van der Waals surface area contributed by atoms with Gasteiger partial charge in [0.15, 0.2) is 0 Å². The van der Waals surface area contributed by atoms with Crippen LogP contribution in [0.4, 0.5) is 5.69 Å². The Kier molecular flexibility index (Phi) is 9.24. The van der Waals surface area contributed by atoms with Crippen molar-refractivity contribution >= 4 is 41.2 Å². The number of carbonyl (C=O) groups is 4. The third-order valence-electron chi connectivity index (χ3n) is 5.52. The highest BCUT2D eigenvalue weighted by atomic mass is 35.5. The van der Waals surface area contributed by atoms with Gasteiger partial charge in [-0.05, 0) is 37.3 Å². The smallest absolute Gasteiger partial charge is 0.338 e. The quantitative estimate of drug-likeness (QED) is 0.313. The van der Waals surface area contributed by atoms with Gasteiger partial charge in [0.2, 0.25) is 0 Å². The third-order valence-corrected chi connectivity index (χ3v) is 5.78. The molecule has 1 aromatic carbocycles.